The zero-order chi connectivity index (χ0) is 9.78. The normalized spacial score (nSPS) is 15.9. The van der Waals surface area contributed by atoms with Crippen LogP contribution in [-0.4, -0.2) is 29.3 Å². The summed E-state index contributed by atoms with van der Waals surface area (Å²) in [5, 5.41) is 11.7. The maximum absolute atomic E-state index is 8.69. The molecule has 0 aliphatic heterocycles. The third kappa shape index (κ3) is 5.97. The summed E-state index contributed by atoms with van der Waals surface area (Å²) in [5.41, 5.74) is 5.48. The number of aliphatic hydroxyl groups is 1. The van der Waals surface area contributed by atoms with Crippen LogP contribution in [0, 0.1) is 0 Å². The molecule has 0 rings (SSSR count). The standard InChI is InChI=1S/C8H19N3O/c1-6(5-12)10-7(9)11-8(2,3)4/h6,12H,5H2,1-4H3,(H3,9,10,11). The van der Waals surface area contributed by atoms with Gasteiger partial charge in [-0.15, -0.1) is 0 Å². The number of rotatable bonds is 2. The third-order valence-electron chi connectivity index (χ3n) is 1.13. The summed E-state index contributed by atoms with van der Waals surface area (Å²) in [6, 6.07) is -0.139. The Morgan fingerprint density at radius 1 is 1.58 bits per heavy atom. The van der Waals surface area contributed by atoms with Crippen molar-refractivity contribution in [2.24, 2.45) is 10.7 Å². The molecule has 0 aromatic carbocycles. The highest BCUT2D eigenvalue weighted by atomic mass is 16.3. The van der Waals surface area contributed by atoms with Crippen LogP contribution < -0.4 is 11.1 Å². The first-order valence-electron chi connectivity index (χ1n) is 4.07. The van der Waals surface area contributed by atoms with Crippen LogP contribution in [-0.2, 0) is 0 Å². The number of aliphatic hydroxyl groups excluding tert-OH is 1. The van der Waals surface area contributed by atoms with E-state index in [0.29, 0.717) is 5.96 Å². The number of aliphatic imine (C=N–C) groups is 1. The van der Waals surface area contributed by atoms with Crippen molar-refractivity contribution in [1.29, 1.82) is 0 Å². The SMILES string of the molecule is CC(CO)N=C(N)NC(C)(C)C. The molecule has 1 unspecified atom stereocenters. The fraction of sp³-hybridized carbons (Fsp3) is 0.875. The number of hydrogen-bond acceptors (Lipinski definition) is 2. The molecule has 0 aliphatic carbocycles. The third-order valence-corrected chi connectivity index (χ3v) is 1.13. The maximum Gasteiger partial charge on any atom is 0.189 e. The van der Waals surface area contributed by atoms with Crippen molar-refractivity contribution in [3.8, 4) is 0 Å². The molecule has 0 bridgehead atoms. The van der Waals surface area contributed by atoms with Gasteiger partial charge in [-0.3, -0.25) is 0 Å². The van der Waals surface area contributed by atoms with E-state index < -0.39 is 0 Å². The van der Waals surface area contributed by atoms with Crippen molar-refractivity contribution >= 4 is 5.96 Å². The molecular weight excluding hydrogens is 154 g/mol. The van der Waals surface area contributed by atoms with Gasteiger partial charge < -0.3 is 16.2 Å². The highest BCUT2D eigenvalue weighted by Crippen LogP contribution is 1.97. The van der Waals surface area contributed by atoms with Gasteiger partial charge >= 0.3 is 0 Å². The van der Waals surface area contributed by atoms with Gasteiger partial charge in [-0.2, -0.15) is 0 Å². The Labute approximate surface area is 73.9 Å². The Kier molecular flexibility index (Phi) is 4.03. The van der Waals surface area contributed by atoms with E-state index in [1.807, 2.05) is 20.8 Å². The summed E-state index contributed by atoms with van der Waals surface area (Å²) in [6.45, 7) is 7.82. The van der Waals surface area contributed by atoms with E-state index in [1.54, 1.807) is 6.92 Å². The number of nitrogens with zero attached hydrogens (tertiary/aromatic N) is 1. The first-order valence-corrected chi connectivity index (χ1v) is 4.07. The first kappa shape index (κ1) is 11.2. The minimum absolute atomic E-state index is 0.0204. The minimum Gasteiger partial charge on any atom is -0.394 e. The van der Waals surface area contributed by atoms with E-state index in [9.17, 15) is 0 Å². The predicted molar refractivity (Wildman–Crippen MR) is 51.1 cm³/mol. The van der Waals surface area contributed by atoms with Crippen molar-refractivity contribution in [1.82, 2.24) is 5.32 Å². The highest BCUT2D eigenvalue weighted by molar-refractivity contribution is 5.78. The van der Waals surface area contributed by atoms with Crippen LogP contribution in [0.5, 0.6) is 0 Å². The van der Waals surface area contributed by atoms with Crippen molar-refractivity contribution in [2.45, 2.75) is 39.3 Å². The van der Waals surface area contributed by atoms with Gasteiger partial charge in [0.15, 0.2) is 5.96 Å². The molecule has 4 heteroatoms. The molecule has 0 heterocycles. The van der Waals surface area contributed by atoms with E-state index in [-0.39, 0.29) is 18.2 Å². The van der Waals surface area contributed by atoms with Crippen molar-refractivity contribution < 1.29 is 5.11 Å². The lowest BCUT2D eigenvalue weighted by Gasteiger charge is -2.21. The molecule has 0 aromatic heterocycles. The molecule has 0 amide bonds. The van der Waals surface area contributed by atoms with Gasteiger partial charge in [-0.1, -0.05) is 0 Å². The fourth-order valence-electron chi connectivity index (χ4n) is 0.695. The van der Waals surface area contributed by atoms with E-state index in [4.69, 9.17) is 10.8 Å². The van der Waals surface area contributed by atoms with Crippen LogP contribution in [0.15, 0.2) is 4.99 Å². The summed E-state index contributed by atoms with van der Waals surface area (Å²) in [6.07, 6.45) is 0. The smallest absolute Gasteiger partial charge is 0.189 e. The van der Waals surface area contributed by atoms with Gasteiger partial charge in [0, 0.05) is 5.54 Å². The van der Waals surface area contributed by atoms with Crippen LogP contribution in [0.2, 0.25) is 0 Å². The number of hydrogen-bond donors (Lipinski definition) is 3. The first-order chi connectivity index (χ1) is 5.35. The topological polar surface area (TPSA) is 70.6 Å². The summed E-state index contributed by atoms with van der Waals surface area (Å²) >= 11 is 0. The van der Waals surface area contributed by atoms with Crippen molar-refractivity contribution in [3.63, 3.8) is 0 Å². The molecule has 0 fully saturated rings. The zero-order valence-electron chi connectivity index (χ0n) is 8.26. The lowest BCUT2D eigenvalue weighted by atomic mass is 10.1. The summed E-state index contributed by atoms with van der Waals surface area (Å²) in [5.74, 6) is 0.379. The van der Waals surface area contributed by atoms with Gasteiger partial charge in [0.2, 0.25) is 0 Å². The minimum atomic E-state index is -0.139. The van der Waals surface area contributed by atoms with Crippen molar-refractivity contribution in [3.05, 3.63) is 0 Å². The Balaban J connectivity index is 4.02. The van der Waals surface area contributed by atoms with Crippen LogP contribution in [0.3, 0.4) is 0 Å². The highest BCUT2D eigenvalue weighted by Gasteiger charge is 2.10. The zero-order valence-corrected chi connectivity index (χ0v) is 8.26. The fourth-order valence-corrected chi connectivity index (χ4v) is 0.695. The molecule has 4 nitrogen and oxygen atoms in total. The monoisotopic (exact) mass is 173 g/mol. The van der Waals surface area contributed by atoms with Gasteiger partial charge in [-0.25, -0.2) is 4.99 Å². The second-order valence-corrected chi connectivity index (χ2v) is 3.92. The second kappa shape index (κ2) is 4.30. The van der Waals surface area contributed by atoms with Crippen LogP contribution in [0.1, 0.15) is 27.7 Å². The summed E-state index contributed by atoms with van der Waals surface area (Å²) in [4.78, 5) is 4.01. The maximum atomic E-state index is 8.69. The van der Waals surface area contributed by atoms with E-state index >= 15 is 0 Å². The van der Waals surface area contributed by atoms with Gasteiger partial charge in [0.25, 0.3) is 0 Å². The molecule has 0 radical (unpaired) electrons. The molecule has 1 atom stereocenters. The van der Waals surface area contributed by atoms with Crippen LogP contribution in [0.4, 0.5) is 0 Å². The molecule has 0 aliphatic rings. The Bertz CT molecular complexity index is 160. The second-order valence-electron chi connectivity index (χ2n) is 3.92. The van der Waals surface area contributed by atoms with E-state index in [1.165, 1.54) is 0 Å². The largest absolute Gasteiger partial charge is 0.394 e. The molecule has 0 saturated carbocycles. The number of guanidine groups is 1. The van der Waals surface area contributed by atoms with Gasteiger partial charge in [0.1, 0.15) is 0 Å². The summed E-state index contributed by atoms with van der Waals surface area (Å²) in [7, 11) is 0. The van der Waals surface area contributed by atoms with E-state index in [0.717, 1.165) is 0 Å². The van der Waals surface area contributed by atoms with Crippen LogP contribution in [0.25, 0.3) is 0 Å². The average molecular weight is 173 g/mol. The Morgan fingerprint density at radius 3 is 2.42 bits per heavy atom. The average Bonchev–Trinajstić information content (AvgIpc) is 1.82. The molecule has 0 aromatic rings. The van der Waals surface area contributed by atoms with Crippen LogP contribution >= 0.6 is 0 Å². The molecule has 4 N–H and O–H groups in total. The molecule has 12 heavy (non-hydrogen) atoms. The van der Waals surface area contributed by atoms with Gasteiger partial charge in [-0.05, 0) is 27.7 Å². The molecule has 0 spiro atoms. The lowest BCUT2D eigenvalue weighted by molar-refractivity contribution is 0.274. The number of nitrogens with two attached hydrogens (primary N) is 1. The van der Waals surface area contributed by atoms with E-state index in [2.05, 4.69) is 10.3 Å². The summed E-state index contributed by atoms with van der Waals surface area (Å²) < 4.78 is 0. The molecular formula is C8H19N3O. The predicted octanol–water partition coefficient (Wildman–Crippen LogP) is 0.0700. The Morgan fingerprint density at radius 2 is 2.08 bits per heavy atom. The van der Waals surface area contributed by atoms with Gasteiger partial charge in [0.05, 0.1) is 12.6 Å². The molecule has 0 saturated heterocycles. The lowest BCUT2D eigenvalue weighted by Crippen LogP contribution is -2.45. The number of nitrogens with one attached hydrogen (secondary N) is 1. The Hall–Kier alpha value is -0.770. The quantitative estimate of drug-likeness (QED) is 0.409. The molecule has 72 valence electrons. The van der Waals surface area contributed by atoms with Crippen molar-refractivity contribution in [2.75, 3.05) is 6.61 Å².